The van der Waals surface area contributed by atoms with E-state index >= 15 is 0 Å². The van der Waals surface area contributed by atoms with Crippen molar-refractivity contribution in [2.24, 2.45) is 0 Å². The van der Waals surface area contributed by atoms with Crippen molar-refractivity contribution in [1.29, 1.82) is 5.26 Å². The van der Waals surface area contributed by atoms with Gasteiger partial charge in [0.2, 0.25) is 0 Å². The smallest absolute Gasteiger partial charge is 0.410 e. The highest BCUT2D eigenvalue weighted by Crippen LogP contribution is 2.34. The number of aryl methyl sites for hydroxylation is 1. The van der Waals surface area contributed by atoms with Crippen LogP contribution in [0.15, 0.2) is 48.5 Å². The Bertz CT molecular complexity index is 1540. The fourth-order valence-electron chi connectivity index (χ4n) is 6.73. The number of nitrogens with zero attached hydrogens (tertiary/aromatic N) is 7. The molecule has 1 aromatic heterocycles. The molecule has 10 heteroatoms. The minimum Gasteiger partial charge on any atom is -0.462 e. The van der Waals surface area contributed by atoms with E-state index in [2.05, 4.69) is 59.9 Å². The third-order valence-electron chi connectivity index (χ3n) is 9.56. The van der Waals surface area contributed by atoms with Crippen LogP contribution in [0.4, 0.5) is 16.3 Å². The number of rotatable bonds is 8. The zero-order valence-corrected chi connectivity index (χ0v) is 26.6. The number of ether oxygens (including phenoxy) is 2. The monoisotopic (exact) mass is 609 g/mol. The van der Waals surface area contributed by atoms with Gasteiger partial charge in [-0.3, -0.25) is 0 Å². The molecule has 3 aliphatic heterocycles. The van der Waals surface area contributed by atoms with Crippen LogP contribution in [-0.4, -0.2) is 84.3 Å². The van der Waals surface area contributed by atoms with Crippen molar-refractivity contribution in [3.8, 4) is 12.1 Å². The van der Waals surface area contributed by atoms with E-state index in [1.165, 1.54) is 23.2 Å². The van der Waals surface area contributed by atoms with Crippen LogP contribution in [0.25, 0.3) is 0 Å². The molecule has 1 unspecified atom stereocenters. The van der Waals surface area contributed by atoms with Crippen LogP contribution in [0.2, 0.25) is 0 Å². The first kappa shape index (κ1) is 30.7. The molecule has 0 spiro atoms. The second-order valence-electron chi connectivity index (χ2n) is 12.4. The largest absolute Gasteiger partial charge is 0.462 e. The van der Waals surface area contributed by atoms with Gasteiger partial charge in [-0.05, 0) is 69.5 Å². The second kappa shape index (κ2) is 13.7. The average molecular weight is 610 g/mol. The van der Waals surface area contributed by atoms with Crippen LogP contribution >= 0.6 is 0 Å². The highest BCUT2D eigenvalue weighted by atomic mass is 16.6. The summed E-state index contributed by atoms with van der Waals surface area (Å²) >= 11 is 0. The molecule has 0 saturated carbocycles. The number of hydrogen-bond acceptors (Lipinski definition) is 9. The van der Waals surface area contributed by atoms with Crippen molar-refractivity contribution >= 4 is 17.6 Å². The summed E-state index contributed by atoms with van der Waals surface area (Å²) in [5.41, 5.74) is 6.81. The summed E-state index contributed by atoms with van der Waals surface area (Å²) < 4.78 is 12.0. The van der Waals surface area contributed by atoms with Gasteiger partial charge in [0, 0.05) is 43.5 Å². The molecule has 0 bridgehead atoms. The highest BCUT2D eigenvalue weighted by Gasteiger charge is 2.35. The van der Waals surface area contributed by atoms with E-state index in [1.807, 2.05) is 30.3 Å². The third kappa shape index (κ3) is 6.84. The Morgan fingerprint density at radius 1 is 1.00 bits per heavy atom. The van der Waals surface area contributed by atoms with Gasteiger partial charge in [-0.2, -0.15) is 15.2 Å². The number of carbonyl (C=O) groups excluding carboxylic acids is 1. The number of piperazine rings is 1. The van der Waals surface area contributed by atoms with Crippen molar-refractivity contribution in [2.75, 3.05) is 56.2 Å². The lowest BCUT2D eigenvalue weighted by atomic mass is 10.0. The normalized spacial score (nSPS) is 20.1. The molecule has 3 aliphatic rings. The molecule has 2 aromatic carbocycles. The zero-order chi connectivity index (χ0) is 31.3. The molecule has 0 aliphatic carbocycles. The molecule has 2 saturated heterocycles. The van der Waals surface area contributed by atoms with Gasteiger partial charge in [-0.25, -0.2) is 4.79 Å². The maximum absolute atomic E-state index is 13.2. The van der Waals surface area contributed by atoms with E-state index in [1.54, 1.807) is 4.90 Å². The van der Waals surface area contributed by atoms with Gasteiger partial charge in [-0.15, -0.1) is 0 Å². The standard InChI is InChI=1S/C35H43N7O3/c1-25-9-7-13-32(26(25)2)40-18-15-30-31(22-40)37-34(44-24-29-12-8-17-39(29)3)38-33(30)41-19-20-42(28(21-41)14-16-36)35(43)45-23-27-10-5-4-6-11-27/h4-7,9-11,13,28-29H,8,12,14-15,17-24H2,1-3H3/t28-,29?/m0/s1. The van der Waals surface area contributed by atoms with Crippen LogP contribution in [0.5, 0.6) is 6.01 Å². The number of nitriles is 1. The first-order valence-electron chi connectivity index (χ1n) is 16.0. The molecule has 0 N–H and O–H groups in total. The molecule has 236 valence electrons. The Morgan fingerprint density at radius 3 is 2.62 bits per heavy atom. The van der Waals surface area contributed by atoms with Crippen molar-refractivity contribution in [3.63, 3.8) is 0 Å². The van der Waals surface area contributed by atoms with Crippen LogP contribution < -0.4 is 14.5 Å². The summed E-state index contributed by atoms with van der Waals surface area (Å²) in [6, 6.07) is 18.8. The molecule has 3 aromatic rings. The molecule has 6 rings (SSSR count). The predicted molar refractivity (Wildman–Crippen MR) is 173 cm³/mol. The summed E-state index contributed by atoms with van der Waals surface area (Å²) in [6.45, 7) is 9.19. The quantitative estimate of drug-likeness (QED) is 0.354. The van der Waals surface area contributed by atoms with Gasteiger partial charge in [0.1, 0.15) is 19.0 Å². The Balaban J connectivity index is 1.24. The summed E-state index contributed by atoms with van der Waals surface area (Å²) in [5.74, 6) is 0.857. The van der Waals surface area contributed by atoms with E-state index in [9.17, 15) is 10.1 Å². The number of hydrogen-bond donors (Lipinski definition) is 0. The fraction of sp³-hybridized carbons (Fsp3) is 0.486. The molecule has 0 radical (unpaired) electrons. The Labute approximate surface area is 266 Å². The first-order valence-corrected chi connectivity index (χ1v) is 16.0. The molecule has 4 heterocycles. The van der Waals surface area contributed by atoms with Crippen LogP contribution in [0.1, 0.15) is 47.2 Å². The Hall–Kier alpha value is -4.36. The van der Waals surface area contributed by atoms with Crippen molar-refractivity contribution < 1.29 is 14.3 Å². The Morgan fingerprint density at radius 2 is 1.84 bits per heavy atom. The van der Waals surface area contributed by atoms with Crippen molar-refractivity contribution in [1.82, 2.24) is 19.8 Å². The van der Waals surface area contributed by atoms with Gasteiger partial charge in [-0.1, -0.05) is 42.5 Å². The number of anilines is 2. The number of benzene rings is 2. The number of amides is 1. The molecular formula is C35H43N7O3. The van der Waals surface area contributed by atoms with Gasteiger partial charge in [0.15, 0.2) is 0 Å². The summed E-state index contributed by atoms with van der Waals surface area (Å²) in [7, 11) is 2.14. The van der Waals surface area contributed by atoms with E-state index in [0.717, 1.165) is 48.6 Å². The second-order valence-corrected chi connectivity index (χ2v) is 12.4. The predicted octanol–water partition coefficient (Wildman–Crippen LogP) is 4.87. The van der Waals surface area contributed by atoms with E-state index in [-0.39, 0.29) is 19.1 Å². The van der Waals surface area contributed by atoms with E-state index in [4.69, 9.17) is 19.4 Å². The SMILES string of the molecule is Cc1cccc(N2CCc3c(nc(OCC4CCCN4C)nc3N3CCN(C(=O)OCc4ccccc4)[C@@H](CC#N)C3)C2)c1C. The number of fused-ring (bicyclic) bond motifs is 1. The lowest BCUT2D eigenvalue weighted by Gasteiger charge is -2.42. The van der Waals surface area contributed by atoms with Crippen molar-refractivity contribution in [2.45, 2.75) is 64.8 Å². The number of carbonyl (C=O) groups is 1. The molecule has 45 heavy (non-hydrogen) atoms. The number of likely N-dealkylation sites (tertiary alicyclic amines) is 1. The van der Waals surface area contributed by atoms with Gasteiger partial charge in [0.25, 0.3) is 0 Å². The van der Waals surface area contributed by atoms with Crippen LogP contribution in [-0.2, 0) is 24.3 Å². The minimum absolute atomic E-state index is 0.201. The fourth-order valence-corrected chi connectivity index (χ4v) is 6.73. The zero-order valence-electron chi connectivity index (χ0n) is 26.6. The third-order valence-corrected chi connectivity index (χ3v) is 9.56. The van der Waals surface area contributed by atoms with Crippen LogP contribution in [0.3, 0.4) is 0 Å². The first-order chi connectivity index (χ1) is 21.9. The van der Waals surface area contributed by atoms with Crippen LogP contribution in [0, 0.1) is 25.2 Å². The molecule has 1 amide bonds. The summed E-state index contributed by atoms with van der Waals surface area (Å²) in [6.07, 6.45) is 2.89. The number of likely N-dealkylation sites (N-methyl/N-ethyl adjacent to an activating group) is 1. The lowest BCUT2D eigenvalue weighted by Crippen LogP contribution is -2.55. The van der Waals surface area contributed by atoms with E-state index in [0.29, 0.717) is 44.8 Å². The van der Waals surface area contributed by atoms with Gasteiger partial charge in [0.05, 0.1) is 30.8 Å². The minimum atomic E-state index is -0.391. The summed E-state index contributed by atoms with van der Waals surface area (Å²) in [4.78, 5) is 31.8. The highest BCUT2D eigenvalue weighted by molar-refractivity contribution is 5.69. The molecule has 2 atom stereocenters. The molecule has 2 fully saturated rings. The van der Waals surface area contributed by atoms with Crippen molar-refractivity contribution in [3.05, 3.63) is 76.5 Å². The number of aromatic nitrogens is 2. The maximum atomic E-state index is 13.2. The Kier molecular flexibility index (Phi) is 9.36. The maximum Gasteiger partial charge on any atom is 0.410 e. The van der Waals surface area contributed by atoms with E-state index < -0.39 is 6.09 Å². The lowest BCUT2D eigenvalue weighted by molar-refractivity contribution is 0.0767. The van der Waals surface area contributed by atoms with Gasteiger partial charge < -0.3 is 29.1 Å². The summed E-state index contributed by atoms with van der Waals surface area (Å²) in [5, 5.41) is 9.69. The molecule has 10 nitrogen and oxygen atoms in total. The topological polar surface area (TPSA) is 98.1 Å². The van der Waals surface area contributed by atoms with Gasteiger partial charge >= 0.3 is 12.1 Å². The molecular weight excluding hydrogens is 566 g/mol. The average Bonchev–Trinajstić information content (AvgIpc) is 3.48.